The number of ketones is 1. The highest BCUT2D eigenvalue weighted by Crippen LogP contribution is 2.24. The Morgan fingerprint density at radius 3 is 2.70 bits per heavy atom. The normalized spacial score (nSPS) is 11.0. The number of Topliss-reactive ketones (excluding diaryl/α,β-unsaturated/α-hetero) is 1. The third-order valence-electron chi connectivity index (χ3n) is 4.11. The maximum atomic E-state index is 12.8. The smallest absolute Gasteiger partial charge is 0.297 e. The number of hydrogen-bond acceptors (Lipinski definition) is 6. The molecule has 27 heavy (non-hydrogen) atoms. The summed E-state index contributed by atoms with van der Waals surface area (Å²) in [4.78, 5) is 25.2. The summed E-state index contributed by atoms with van der Waals surface area (Å²) in [5, 5.41) is 7.77. The Balaban J connectivity index is 1.66. The first-order chi connectivity index (χ1) is 13.0. The monoisotopic (exact) mass is 380 g/mol. The van der Waals surface area contributed by atoms with Gasteiger partial charge in [0, 0.05) is 23.2 Å². The predicted octanol–water partition coefficient (Wildman–Crippen LogP) is 3.57. The second-order valence-electron chi connectivity index (χ2n) is 6.24. The molecule has 3 heterocycles. The zero-order valence-corrected chi connectivity index (χ0v) is 15.5. The van der Waals surface area contributed by atoms with E-state index in [1.807, 2.05) is 48.7 Å². The van der Waals surface area contributed by atoms with Gasteiger partial charge in [-0.1, -0.05) is 23.4 Å². The van der Waals surface area contributed by atoms with Gasteiger partial charge in [-0.15, -0.1) is 0 Å². The molecule has 4 rings (SSSR count). The first-order valence-corrected chi connectivity index (χ1v) is 9.07. The van der Waals surface area contributed by atoms with Crippen LogP contribution in [0.5, 0.6) is 0 Å². The van der Waals surface area contributed by atoms with E-state index in [9.17, 15) is 9.59 Å². The van der Waals surface area contributed by atoms with Gasteiger partial charge in [0.1, 0.15) is 5.00 Å². The van der Waals surface area contributed by atoms with Gasteiger partial charge < -0.3 is 14.4 Å². The number of carbonyl (C=O) groups excluding carboxylic acids is 2. The molecule has 1 N–H and O–H groups in total. The molecule has 0 saturated carbocycles. The SMILES string of the molecule is Cc1cc(Cn2cc(C(=O)C(=O)Nc3cc(C)ns3)c3ccccc32)on1. The highest BCUT2D eigenvalue weighted by atomic mass is 32.1. The maximum absolute atomic E-state index is 12.8. The number of aromatic nitrogens is 3. The fraction of sp³-hybridized carbons (Fsp3) is 0.158. The van der Waals surface area contributed by atoms with Gasteiger partial charge in [-0.2, -0.15) is 4.37 Å². The largest absolute Gasteiger partial charge is 0.359 e. The summed E-state index contributed by atoms with van der Waals surface area (Å²) < 4.78 is 11.3. The number of rotatable bonds is 5. The fourth-order valence-corrected chi connectivity index (χ4v) is 3.59. The number of fused-ring (bicyclic) bond motifs is 1. The molecule has 1 amide bonds. The molecule has 1 aromatic carbocycles. The van der Waals surface area contributed by atoms with E-state index in [0.29, 0.717) is 22.9 Å². The molecule has 0 unspecified atom stereocenters. The Bertz CT molecular complexity index is 1150. The quantitative estimate of drug-likeness (QED) is 0.422. The van der Waals surface area contributed by atoms with Crippen LogP contribution in [0.1, 0.15) is 27.5 Å². The van der Waals surface area contributed by atoms with Crippen LogP contribution < -0.4 is 5.32 Å². The van der Waals surface area contributed by atoms with E-state index in [4.69, 9.17) is 4.52 Å². The van der Waals surface area contributed by atoms with Gasteiger partial charge in [0.2, 0.25) is 0 Å². The molecule has 0 atom stereocenters. The Hall–Kier alpha value is -3.26. The van der Waals surface area contributed by atoms with Gasteiger partial charge in [0.05, 0.1) is 23.5 Å². The molecule has 0 bridgehead atoms. The lowest BCUT2D eigenvalue weighted by molar-refractivity contribution is -0.112. The predicted molar refractivity (Wildman–Crippen MR) is 102 cm³/mol. The minimum Gasteiger partial charge on any atom is -0.359 e. The zero-order valence-electron chi connectivity index (χ0n) is 14.7. The van der Waals surface area contributed by atoms with Crippen molar-refractivity contribution in [2.24, 2.45) is 0 Å². The van der Waals surface area contributed by atoms with Gasteiger partial charge in [-0.05, 0) is 37.5 Å². The van der Waals surface area contributed by atoms with E-state index in [-0.39, 0.29) is 0 Å². The average molecular weight is 380 g/mol. The molecule has 3 aromatic heterocycles. The minimum absolute atomic E-state index is 0.348. The number of carbonyl (C=O) groups is 2. The summed E-state index contributed by atoms with van der Waals surface area (Å²) in [7, 11) is 0. The summed E-state index contributed by atoms with van der Waals surface area (Å²) >= 11 is 1.14. The van der Waals surface area contributed by atoms with Crippen LogP contribution in [0, 0.1) is 13.8 Å². The van der Waals surface area contributed by atoms with Crippen LogP contribution in [0.2, 0.25) is 0 Å². The molecule has 4 aromatic rings. The van der Waals surface area contributed by atoms with Crippen molar-refractivity contribution in [2.45, 2.75) is 20.4 Å². The Kier molecular flexibility index (Phi) is 4.33. The van der Waals surface area contributed by atoms with Crippen molar-refractivity contribution in [2.75, 3.05) is 5.32 Å². The van der Waals surface area contributed by atoms with Crippen LogP contribution >= 0.6 is 11.5 Å². The number of nitrogens with zero attached hydrogens (tertiary/aromatic N) is 3. The molecule has 0 fully saturated rings. The second-order valence-corrected chi connectivity index (χ2v) is 7.04. The second kappa shape index (κ2) is 6.81. The molecule has 0 aliphatic rings. The number of nitrogens with one attached hydrogen (secondary N) is 1. The third kappa shape index (κ3) is 3.39. The van der Waals surface area contributed by atoms with Crippen molar-refractivity contribution in [3.63, 3.8) is 0 Å². The molecule has 0 saturated heterocycles. The highest BCUT2D eigenvalue weighted by Gasteiger charge is 2.22. The first-order valence-electron chi connectivity index (χ1n) is 8.30. The number of anilines is 1. The maximum Gasteiger partial charge on any atom is 0.297 e. The summed E-state index contributed by atoms with van der Waals surface area (Å²) in [5.41, 5.74) is 2.77. The van der Waals surface area contributed by atoms with Gasteiger partial charge in [0.25, 0.3) is 11.7 Å². The van der Waals surface area contributed by atoms with Crippen LogP contribution in [-0.2, 0) is 11.3 Å². The minimum atomic E-state index is -0.683. The standard InChI is InChI=1S/C19H16N4O3S/c1-11-7-13(26-21-11)9-23-10-15(14-5-3-4-6-16(14)23)18(24)19(25)20-17-8-12(2)22-27-17/h3-8,10H,9H2,1-2H3,(H,20,25). The first kappa shape index (κ1) is 17.2. The highest BCUT2D eigenvalue weighted by molar-refractivity contribution is 7.10. The van der Waals surface area contributed by atoms with E-state index in [1.54, 1.807) is 12.3 Å². The lowest BCUT2D eigenvalue weighted by Gasteiger charge is -2.01. The lowest BCUT2D eigenvalue weighted by Crippen LogP contribution is -2.22. The number of aryl methyl sites for hydroxylation is 2. The van der Waals surface area contributed by atoms with Gasteiger partial charge >= 0.3 is 0 Å². The van der Waals surface area contributed by atoms with Gasteiger partial charge in [-0.3, -0.25) is 9.59 Å². The Labute approximate surface area is 158 Å². The van der Waals surface area contributed by atoms with Crippen LogP contribution in [0.15, 0.2) is 47.1 Å². The summed E-state index contributed by atoms with van der Waals surface area (Å²) in [6.07, 6.45) is 1.68. The molecule has 0 aliphatic heterocycles. The lowest BCUT2D eigenvalue weighted by atomic mass is 10.1. The fourth-order valence-electron chi connectivity index (χ4n) is 2.93. The van der Waals surface area contributed by atoms with Gasteiger partial charge in [-0.25, -0.2) is 0 Å². The summed E-state index contributed by atoms with van der Waals surface area (Å²) in [5.74, 6) is -0.598. The molecule has 136 valence electrons. The van der Waals surface area contributed by atoms with Crippen LogP contribution in [0.3, 0.4) is 0 Å². The number of benzene rings is 1. The number of para-hydroxylation sites is 1. The van der Waals surface area contributed by atoms with Crippen molar-refractivity contribution in [1.82, 2.24) is 14.1 Å². The molecular formula is C19H16N4O3S. The molecular weight excluding hydrogens is 364 g/mol. The van der Waals surface area contributed by atoms with Crippen molar-refractivity contribution in [3.8, 4) is 0 Å². The van der Waals surface area contributed by atoms with Crippen molar-refractivity contribution in [1.29, 1.82) is 0 Å². The molecule has 8 heteroatoms. The molecule has 0 spiro atoms. The zero-order chi connectivity index (χ0) is 19.0. The van der Waals surface area contributed by atoms with Crippen molar-refractivity contribution < 1.29 is 14.1 Å². The van der Waals surface area contributed by atoms with Gasteiger partial charge in [0.15, 0.2) is 5.76 Å². The number of hydrogen-bond donors (Lipinski definition) is 1. The average Bonchev–Trinajstić information content (AvgIpc) is 3.35. The molecule has 0 radical (unpaired) electrons. The topological polar surface area (TPSA) is 90.0 Å². The van der Waals surface area contributed by atoms with Crippen LogP contribution in [0.4, 0.5) is 5.00 Å². The van der Waals surface area contributed by atoms with Crippen LogP contribution in [-0.4, -0.2) is 25.8 Å². The Morgan fingerprint density at radius 2 is 2.00 bits per heavy atom. The Morgan fingerprint density at radius 1 is 1.19 bits per heavy atom. The van der Waals surface area contributed by atoms with E-state index < -0.39 is 11.7 Å². The molecule has 7 nitrogen and oxygen atoms in total. The third-order valence-corrected chi connectivity index (χ3v) is 4.90. The number of amides is 1. The van der Waals surface area contributed by atoms with E-state index in [2.05, 4.69) is 14.8 Å². The summed E-state index contributed by atoms with van der Waals surface area (Å²) in [6, 6.07) is 11.0. The van der Waals surface area contributed by atoms with E-state index in [0.717, 1.165) is 33.8 Å². The van der Waals surface area contributed by atoms with E-state index >= 15 is 0 Å². The van der Waals surface area contributed by atoms with Crippen LogP contribution in [0.25, 0.3) is 10.9 Å². The van der Waals surface area contributed by atoms with E-state index in [1.165, 1.54) is 0 Å². The molecule has 0 aliphatic carbocycles. The van der Waals surface area contributed by atoms with Crippen molar-refractivity contribution in [3.05, 3.63) is 65.3 Å². The summed E-state index contributed by atoms with van der Waals surface area (Å²) in [6.45, 7) is 4.10. The van der Waals surface area contributed by atoms with Crippen molar-refractivity contribution >= 4 is 39.1 Å².